The van der Waals surface area contributed by atoms with Crippen molar-refractivity contribution in [2.75, 3.05) is 4.90 Å². The fraction of sp³-hybridized carbons (Fsp3) is 0. The molecule has 53 heavy (non-hydrogen) atoms. The standard InChI is InChI=1S/C52H37N/c1-4-17-38(18-5-1)42-33-36-49(48-27-13-12-26-47(48)39-19-6-2-7-20-39)51(37-42)50-28-14-15-30-52(50)53(43-23-8-3-9-24-43)44-34-31-41(32-35-44)46-29-16-22-40-21-10-11-25-45(40)46/h1-37H. The second kappa shape index (κ2) is 14.3. The van der Waals surface area contributed by atoms with E-state index in [0.29, 0.717) is 0 Å². The zero-order valence-electron chi connectivity index (χ0n) is 29.3. The maximum Gasteiger partial charge on any atom is 0.0540 e. The molecule has 0 unspecified atom stereocenters. The lowest BCUT2D eigenvalue weighted by Gasteiger charge is -2.29. The van der Waals surface area contributed by atoms with Crippen LogP contribution in [0.15, 0.2) is 224 Å². The fourth-order valence-corrected chi connectivity index (χ4v) is 7.57. The summed E-state index contributed by atoms with van der Waals surface area (Å²) in [6.07, 6.45) is 0. The zero-order chi connectivity index (χ0) is 35.4. The van der Waals surface area contributed by atoms with Gasteiger partial charge in [-0.2, -0.15) is 0 Å². The molecule has 0 aliphatic carbocycles. The highest BCUT2D eigenvalue weighted by atomic mass is 15.1. The van der Waals surface area contributed by atoms with Crippen molar-refractivity contribution in [3.05, 3.63) is 224 Å². The molecular formula is C52H37N. The van der Waals surface area contributed by atoms with Gasteiger partial charge in [0.1, 0.15) is 0 Å². The highest BCUT2D eigenvalue weighted by molar-refractivity contribution is 6.00. The van der Waals surface area contributed by atoms with Gasteiger partial charge in [0.15, 0.2) is 0 Å². The van der Waals surface area contributed by atoms with E-state index in [1.165, 1.54) is 60.8 Å². The average Bonchev–Trinajstić information content (AvgIpc) is 3.25. The minimum atomic E-state index is 1.10. The van der Waals surface area contributed by atoms with Crippen LogP contribution in [0.3, 0.4) is 0 Å². The minimum absolute atomic E-state index is 1.10. The first kappa shape index (κ1) is 32.0. The topological polar surface area (TPSA) is 3.24 Å². The van der Waals surface area contributed by atoms with Crippen LogP contribution in [0.1, 0.15) is 0 Å². The third-order valence-electron chi connectivity index (χ3n) is 10.1. The number of fused-ring (bicyclic) bond motifs is 1. The van der Waals surface area contributed by atoms with Crippen molar-refractivity contribution in [2.45, 2.75) is 0 Å². The van der Waals surface area contributed by atoms with Crippen LogP contribution in [-0.4, -0.2) is 0 Å². The predicted octanol–water partition coefficient (Wildman–Crippen LogP) is 14.6. The average molecular weight is 676 g/mol. The van der Waals surface area contributed by atoms with E-state index in [1.807, 2.05) is 0 Å². The smallest absolute Gasteiger partial charge is 0.0540 e. The van der Waals surface area contributed by atoms with Gasteiger partial charge in [-0.15, -0.1) is 0 Å². The van der Waals surface area contributed by atoms with Crippen LogP contribution in [-0.2, 0) is 0 Å². The molecule has 1 heteroatoms. The van der Waals surface area contributed by atoms with Gasteiger partial charge in [0.2, 0.25) is 0 Å². The van der Waals surface area contributed by atoms with Crippen LogP contribution in [0.2, 0.25) is 0 Å². The van der Waals surface area contributed by atoms with Gasteiger partial charge in [-0.05, 0) is 97.2 Å². The lowest BCUT2D eigenvalue weighted by Crippen LogP contribution is -2.11. The minimum Gasteiger partial charge on any atom is -0.310 e. The third kappa shape index (κ3) is 6.30. The van der Waals surface area contributed by atoms with Gasteiger partial charge < -0.3 is 4.90 Å². The predicted molar refractivity (Wildman–Crippen MR) is 226 cm³/mol. The van der Waals surface area contributed by atoms with E-state index in [9.17, 15) is 0 Å². The Balaban J connectivity index is 1.24. The second-order valence-electron chi connectivity index (χ2n) is 13.3. The van der Waals surface area contributed by atoms with E-state index >= 15 is 0 Å². The third-order valence-corrected chi connectivity index (χ3v) is 10.1. The molecule has 0 atom stereocenters. The first-order valence-corrected chi connectivity index (χ1v) is 18.2. The lowest BCUT2D eigenvalue weighted by atomic mass is 9.86. The summed E-state index contributed by atoms with van der Waals surface area (Å²) in [6.45, 7) is 0. The summed E-state index contributed by atoms with van der Waals surface area (Å²) in [7, 11) is 0. The van der Waals surface area contributed by atoms with Crippen LogP contribution >= 0.6 is 0 Å². The molecule has 0 radical (unpaired) electrons. The van der Waals surface area contributed by atoms with Crippen molar-refractivity contribution >= 4 is 27.8 Å². The largest absolute Gasteiger partial charge is 0.310 e. The van der Waals surface area contributed by atoms with Crippen LogP contribution in [0.4, 0.5) is 17.1 Å². The number of hydrogen-bond donors (Lipinski definition) is 0. The highest BCUT2D eigenvalue weighted by Crippen LogP contribution is 2.46. The summed E-state index contributed by atoms with van der Waals surface area (Å²) < 4.78 is 0. The van der Waals surface area contributed by atoms with Gasteiger partial charge in [-0.1, -0.05) is 188 Å². The molecule has 0 amide bonds. The zero-order valence-corrected chi connectivity index (χ0v) is 29.3. The van der Waals surface area contributed by atoms with Gasteiger partial charge >= 0.3 is 0 Å². The van der Waals surface area contributed by atoms with Gasteiger partial charge in [0, 0.05) is 16.9 Å². The summed E-state index contributed by atoms with van der Waals surface area (Å²) in [6, 6.07) is 80.8. The molecule has 0 aliphatic rings. The normalized spacial score (nSPS) is 11.0. The molecule has 9 aromatic carbocycles. The Labute approximate surface area is 311 Å². The summed E-state index contributed by atoms with van der Waals surface area (Å²) in [5.41, 5.74) is 15.3. The molecule has 0 fully saturated rings. The molecule has 9 rings (SSSR count). The first-order chi connectivity index (χ1) is 26.3. The van der Waals surface area contributed by atoms with Crippen molar-refractivity contribution in [3.8, 4) is 55.6 Å². The van der Waals surface area contributed by atoms with Gasteiger partial charge in [-0.25, -0.2) is 0 Å². The van der Waals surface area contributed by atoms with E-state index in [2.05, 4.69) is 229 Å². The number of para-hydroxylation sites is 2. The van der Waals surface area contributed by atoms with Gasteiger partial charge in [0.25, 0.3) is 0 Å². The maximum atomic E-state index is 2.39. The van der Waals surface area contributed by atoms with E-state index in [4.69, 9.17) is 0 Å². The van der Waals surface area contributed by atoms with Crippen LogP contribution in [0, 0.1) is 0 Å². The number of anilines is 3. The summed E-state index contributed by atoms with van der Waals surface area (Å²) in [5.74, 6) is 0. The molecule has 0 spiro atoms. The Bertz CT molecular complexity index is 2640. The van der Waals surface area contributed by atoms with Gasteiger partial charge in [-0.3, -0.25) is 0 Å². The van der Waals surface area contributed by atoms with Crippen molar-refractivity contribution < 1.29 is 0 Å². The molecule has 0 bridgehead atoms. The molecule has 250 valence electrons. The van der Waals surface area contributed by atoms with E-state index in [1.54, 1.807) is 0 Å². The van der Waals surface area contributed by atoms with E-state index in [-0.39, 0.29) is 0 Å². The van der Waals surface area contributed by atoms with Crippen LogP contribution in [0.5, 0.6) is 0 Å². The molecule has 9 aromatic rings. The lowest BCUT2D eigenvalue weighted by molar-refractivity contribution is 1.28. The van der Waals surface area contributed by atoms with E-state index in [0.717, 1.165) is 22.6 Å². The Morgan fingerprint density at radius 1 is 0.245 bits per heavy atom. The molecule has 0 saturated carbocycles. The van der Waals surface area contributed by atoms with E-state index < -0.39 is 0 Å². The fourth-order valence-electron chi connectivity index (χ4n) is 7.57. The molecule has 0 aromatic heterocycles. The molecule has 1 nitrogen and oxygen atoms in total. The van der Waals surface area contributed by atoms with Crippen LogP contribution in [0.25, 0.3) is 66.4 Å². The molecule has 0 saturated heterocycles. The number of hydrogen-bond acceptors (Lipinski definition) is 1. The first-order valence-electron chi connectivity index (χ1n) is 18.2. The maximum absolute atomic E-state index is 2.39. The number of benzene rings is 9. The Hall–Kier alpha value is -6.96. The van der Waals surface area contributed by atoms with Crippen molar-refractivity contribution in [1.29, 1.82) is 0 Å². The number of nitrogens with zero attached hydrogens (tertiary/aromatic N) is 1. The summed E-state index contributed by atoms with van der Waals surface area (Å²) in [4.78, 5) is 2.39. The monoisotopic (exact) mass is 675 g/mol. The summed E-state index contributed by atoms with van der Waals surface area (Å²) in [5, 5.41) is 2.51. The molecule has 0 aliphatic heterocycles. The van der Waals surface area contributed by atoms with Crippen molar-refractivity contribution in [2.24, 2.45) is 0 Å². The summed E-state index contributed by atoms with van der Waals surface area (Å²) >= 11 is 0. The Morgan fingerprint density at radius 3 is 1.49 bits per heavy atom. The SMILES string of the molecule is c1ccc(-c2ccc(-c3ccccc3-c3ccccc3)c(-c3ccccc3N(c3ccccc3)c3ccc(-c4cccc5ccccc45)cc3)c2)cc1. The molecule has 0 heterocycles. The Morgan fingerprint density at radius 2 is 0.736 bits per heavy atom. The van der Waals surface area contributed by atoms with Gasteiger partial charge in [0.05, 0.1) is 5.69 Å². The number of rotatable bonds is 8. The van der Waals surface area contributed by atoms with Crippen molar-refractivity contribution in [3.63, 3.8) is 0 Å². The molecule has 0 N–H and O–H groups in total. The quantitative estimate of drug-likeness (QED) is 0.155. The highest BCUT2D eigenvalue weighted by Gasteiger charge is 2.21. The Kier molecular flexibility index (Phi) is 8.66. The van der Waals surface area contributed by atoms with Crippen LogP contribution < -0.4 is 4.90 Å². The molecular weight excluding hydrogens is 639 g/mol. The second-order valence-corrected chi connectivity index (χ2v) is 13.3. The van der Waals surface area contributed by atoms with Crippen molar-refractivity contribution in [1.82, 2.24) is 0 Å².